The van der Waals surface area contributed by atoms with Crippen molar-refractivity contribution in [2.45, 2.75) is 12.8 Å². The second-order valence-electron chi connectivity index (χ2n) is 6.26. The lowest BCUT2D eigenvalue weighted by molar-refractivity contribution is 0.208. The van der Waals surface area contributed by atoms with Crippen LogP contribution in [0.4, 0.5) is 5.95 Å². The molecule has 0 aromatic carbocycles. The van der Waals surface area contributed by atoms with Crippen molar-refractivity contribution >= 4 is 17.3 Å². The molecule has 3 aromatic rings. The summed E-state index contributed by atoms with van der Waals surface area (Å²) in [6.07, 6.45) is 5.79. The van der Waals surface area contributed by atoms with Gasteiger partial charge in [0.2, 0.25) is 5.95 Å². The van der Waals surface area contributed by atoms with E-state index >= 15 is 0 Å². The van der Waals surface area contributed by atoms with E-state index in [4.69, 9.17) is 4.98 Å². The van der Waals surface area contributed by atoms with E-state index in [-0.39, 0.29) is 6.61 Å². The molecular weight excluding hydrogens is 332 g/mol. The number of thiophene rings is 1. The predicted molar refractivity (Wildman–Crippen MR) is 101 cm³/mol. The topological polar surface area (TPSA) is 62.1 Å². The van der Waals surface area contributed by atoms with Crippen molar-refractivity contribution in [3.05, 3.63) is 48.1 Å². The van der Waals surface area contributed by atoms with Gasteiger partial charge < -0.3 is 10.0 Å². The van der Waals surface area contributed by atoms with Crippen LogP contribution in [0, 0.1) is 5.92 Å². The molecule has 0 amide bonds. The minimum absolute atomic E-state index is 0.223. The summed E-state index contributed by atoms with van der Waals surface area (Å²) in [7, 11) is 0. The third kappa shape index (κ3) is 3.41. The zero-order valence-electron chi connectivity index (χ0n) is 13.9. The molecule has 1 aliphatic heterocycles. The molecule has 0 saturated carbocycles. The monoisotopic (exact) mass is 352 g/mol. The number of rotatable bonds is 4. The highest BCUT2D eigenvalue weighted by atomic mass is 32.1. The molecule has 1 aliphatic rings. The molecule has 0 radical (unpaired) electrons. The normalized spacial score (nSPS) is 17.6. The number of nitrogens with zero attached hydrogens (tertiary/aromatic N) is 4. The minimum atomic E-state index is 0.223. The molecular formula is C19H20N4OS. The van der Waals surface area contributed by atoms with Crippen LogP contribution >= 0.6 is 11.3 Å². The first-order chi connectivity index (χ1) is 12.3. The maximum Gasteiger partial charge on any atom is 0.225 e. The average molecular weight is 352 g/mol. The SMILES string of the molecule is OC[C@@H]1CCCN(c2ncc(-c3ccccn3)c(-c3cccs3)n2)C1. The summed E-state index contributed by atoms with van der Waals surface area (Å²) in [5, 5.41) is 11.5. The van der Waals surface area contributed by atoms with Crippen LogP contribution in [0.1, 0.15) is 12.8 Å². The fourth-order valence-electron chi connectivity index (χ4n) is 3.23. The fourth-order valence-corrected chi connectivity index (χ4v) is 3.96. The molecule has 1 atom stereocenters. The molecule has 1 fully saturated rings. The number of aromatic nitrogens is 3. The van der Waals surface area contributed by atoms with Crippen molar-refractivity contribution < 1.29 is 5.11 Å². The largest absolute Gasteiger partial charge is 0.396 e. The van der Waals surface area contributed by atoms with Crippen LogP contribution in [-0.4, -0.2) is 39.8 Å². The van der Waals surface area contributed by atoms with Crippen molar-refractivity contribution in [3.63, 3.8) is 0 Å². The van der Waals surface area contributed by atoms with Gasteiger partial charge in [-0.2, -0.15) is 0 Å². The third-order valence-electron chi connectivity index (χ3n) is 4.53. The number of anilines is 1. The van der Waals surface area contributed by atoms with Crippen LogP contribution in [0.5, 0.6) is 0 Å². The van der Waals surface area contributed by atoms with Crippen molar-refractivity contribution in [3.8, 4) is 21.8 Å². The van der Waals surface area contributed by atoms with Gasteiger partial charge in [0, 0.05) is 37.7 Å². The molecule has 0 unspecified atom stereocenters. The molecule has 0 aliphatic carbocycles. The van der Waals surface area contributed by atoms with Gasteiger partial charge in [-0.3, -0.25) is 4.98 Å². The Hall–Kier alpha value is -2.31. The highest BCUT2D eigenvalue weighted by Crippen LogP contribution is 2.33. The quantitative estimate of drug-likeness (QED) is 0.779. The van der Waals surface area contributed by atoms with Gasteiger partial charge in [-0.05, 0) is 42.3 Å². The van der Waals surface area contributed by atoms with Crippen molar-refractivity contribution in [1.29, 1.82) is 0 Å². The second kappa shape index (κ2) is 7.29. The van der Waals surface area contributed by atoms with Gasteiger partial charge in [0.25, 0.3) is 0 Å². The van der Waals surface area contributed by atoms with E-state index in [1.807, 2.05) is 30.5 Å². The molecule has 0 spiro atoms. The van der Waals surface area contributed by atoms with Crippen molar-refractivity contribution in [2.75, 3.05) is 24.6 Å². The van der Waals surface area contributed by atoms with Gasteiger partial charge in [-0.15, -0.1) is 11.3 Å². The molecule has 25 heavy (non-hydrogen) atoms. The van der Waals surface area contributed by atoms with E-state index in [2.05, 4.69) is 26.3 Å². The lowest BCUT2D eigenvalue weighted by Gasteiger charge is -2.32. The Morgan fingerprint density at radius 3 is 2.92 bits per heavy atom. The summed E-state index contributed by atoms with van der Waals surface area (Å²) in [5.41, 5.74) is 2.75. The number of hydrogen-bond acceptors (Lipinski definition) is 6. The Morgan fingerprint density at radius 2 is 2.16 bits per heavy atom. The first-order valence-corrected chi connectivity index (χ1v) is 9.41. The third-order valence-corrected chi connectivity index (χ3v) is 5.41. The van der Waals surface area contributed by atoms with E-state index in [0.29, 0.717) is 5.92 Å². The molecule has 0 bridgehead atoms. The zero-order chi connectivity index (χ0) is 17.1. The Labute approximate surface area is 151 Å². The Kier molecular flexibility index (Phi) is 4.72. The van der Waals surface area contributed by atoms with Crippen LogP contribution in [0.3, 0.4) is 0 Å². The van der Waals surface area contributed by atoms with Gasteiger partial charge >= 0.3 is 0 Å². The molecule has 4 rings (SSSR count). The fraction of sp³-hybridized carbons (Fsp3) is 0.316. The Morgan fingerprint density at radius 1 is 1.20 bits per heavy atom. The van der Waals surface area contributed by atoms with E-state index in [1.165, 1.54) is 0 Å². The van der Waals surface area contributed by atoms with Crippen LogP contribution in [0.15, 0.2) is 48.1 Å². The summed E-state index contributed by atoms with van der Waals surface area (Å²) in [6.45, 7) is 1.97. The maximum atomic E-state index is 9.48. The summed E-state index contributed by atoms with van der Waals surface area (Å²) in [6, 6.07) is 9.98. The van der Waals surface area contributed by atoms with Crippen LogP contribution in [-0.2, 0) is 0 Å². The van der Waals surface area contributed by atoms with Gasteiger partial charge in [0.1, 0.15) is 0 Å². The number of aliphatic hydroxyl groups excluding tert-OH is 1. The number of hydrogen-bond donors (Lipinski definition) is 1. The molecule has 6 heteroatoms. The summed E-state index contributed by atoms with van der Waals surface area (Å²) in [5.74, 6) is 1.04. The lowest BCUT2D eigenvalue weighted by Crippen LogP contribution is -2.37. The first kappa shape index (κ1) is 16.2. The van der Waals surface area contributed by atoms with E-state index in [0.717, 1.165) is 53.7 Å². The standard InChI is InChI=1S/C19H20N4OS/c24-13-14-5-3-9-23(12-14)19-21-11-15(16-6-1-2-8-20-16)18(22-19)17-7-4-10-25-17/h1-2,4,6-8,10-11,14,24H,3,5,9,12-13H2/t14-/m1/s1. The summed E-state index contributed by atoms with van der Waals surface area (Å²) >= 11 is 1.67. The van der Waals surface area contributed by atoms with Gasteiger partial charge in [0.15, 0.2) is 0 Å². The lowest BCUT2D eigenvalue weighted by atomic mass is 9.99. The highest BCUT2D eigenvalue weighted by molar-refractivity contribution is 7.13. The van der Waals surface area contributed by atoms with Gasteiger partial charge in [-0.1, -0.05) is 12.1 Å². The number of pyridine rings is 1. The van der Waals surface area contributed by atoms with Crippen LogP contribution in [0.25, 0.3) is 21.8 Å². The number of aliphatic hydroxyl groups is 1. The molecule has 1 saturated heterocycles. The highest BCUT2D eigenvalue weighted by Gasteiger charge is 2.23. The average Bonchev–Trinajstić information content (AvgIpc) is 3.23. The van der Waals surface area contributed by atoms with E-state index < -0.39 is 0 Å². The summed E-state index contributed by atoms with van der Waals surface area (Å²) < 4.78 is 0. The number of piperidine rings is 1. The molecule has 3 aromatic heterocycles. The first-order valence-electron chi connectivity index (χ1n) is 8.53. The maximum absolute atomic E-state index is 9.48. The van der Waals surface area contributed by atoms with Crippen molar-refractivity contribution in [2.24, 2.45) is 5.92 Å². The zero-order valence-corrected chi connectivity index (χ0v) is 14.7. The molecule has 1 N–H and O–H groups in total. The molecule has 4 heterocycles. The summed E-state index contributed by atoms with van der Waals surface area (Å²) in [4.78, 5) is 17.3. The van der Waals surface area contributed by atoms with Gasteiger partial charge in [-0.25, -0.2) is 9.97 Å². The molecule has 5 nitrogen and oxygen atoms in total. The van der Waals surface area contributed by atoms with E-state index in [9.17, 15) is 5.11 Å². The second-order valence-corrected chi connectivity index (χ2v) is 7.21. The molecule has 128 valence electrons. The van der Waals surface area contributed by atoms with Crippen molar-refractivity contribution in [1.82, 2.24) is 15.0 Å². The van der Waals surface area contributed by atoms with Crippen LogP contribution < -0.4 is 4.90 Å². The Bertz CT molecular complexity index is 823. The van der Waals surface area contributed by atoms with Crippen LogP contribution in [0.2, 0.25) is 0 Å². The van der Waals surface area contributed by atoms with E-state index in [1.54, 1.807) is 17.5 Å². The predicted octanol–water partition coefficient (Wildman–Crippen LogP) is 3.48. The minimum Gasteiger partial charge on any atom is -0.396 e. The smallest absolute Gasteiger partial charge is 0.225 e. The van der Waals surface area contributed by atoms with Gasteiger partial charge in [0.05, 0.1) is 16.3 Å². The Balaban J connectivity index is 1.75.